The fourth-order valence-electron chi connectivity index (χ4n) is 2.96. The minimum atomic E-state index is -6.00. The smallest absolute Gasteiger partial charge is 0.458 e. The molecular formula is C23H22BF4NO4. The first-order valence-corrected chi connectivity index (χ1v) is 10.1. The van der Waals surface area contributed by atoms with E-state index in [9.17, 15) is 26.9 Å². The van der Waals surface area contributed by atoms with Crippen molar-refractivity contribution in [3.05, 3.63) is 84.2 Å². The largest absolute Gasteiger partial charge is 0.673 e. The average Bonchev–Trinajstić information content (AvgIpc) is 2.78. The number of hydrogen-bond donors (Lipinski definition) is 0. The predicted octanol–water partition coefficient (Wildman–Crippen LogP) is 5.28. The van der Waals surface area contributed by atoms with Crippen molar-refractivity contribution in [1.29, 1.82) is 0 Å². The SMILES string of the molecule is CCOC(=O)c1cc(-c2ccccc2)cc(C(=O)OCC)[n+]1-c1ccccc1.F[B-](F)(F)F. The van der Waals surface area contributed by atoms with Crippen LogP contribution in [0.25, 0.3) is 16.8 Å². The number of hydrogen-bond acceptors (Lipinski definition) is 4. The monoisotopic (exact) mass is 463 g/mol. The Hall–Kier alpha value is -3.69. The van der Waals surface area contributed by atoms with Crippen LogP contribution in [0.4, 0.5) is 17.3 Å². The molecule has 0 spiro atoms. The molecule has 0 atom stereocenters. The number of ether oxygens (including phenoxy) is 2. The van der Waals surface area contributed by atoms with Crippen molar-refractivity contribution in [2.45, 2.75) is 13.8 Å². The Morgan fingerprint density at radius 3 is 1.52 bits per heavy atom. The van der Waals surface area contributed by atoms with Gasteiger partial charge in [0.05, 0.1) is 13.2 Å². The molecule has 0 aliphatic carbocycles. The average molecular weight is 463 g/mol. The number of halogens is 4. The molecule has 1 aromatic heterocycles. The molecule has 0 fully saturated rings. The van der Waals surface area contributed by atoms with Crippen molar-refractivity contribution in [3.8, 4) is 16.8 Å². The lowest BCUT2D eigenvalue weighted by molar-refractivity contribution is -0.601. The topological polar surface area (TPSA) is 56.5 Å². The Kier molecular flexibility index (Phi) is 9.14. The predicted molar refractivity (Wildman–Crippen MR) is 116 cm³/mol. The highest BCUT2D eigenvalue weighted by atomic mass is 19.5. The van der Waals surface area contributed by atoms with E-state index < -0.39 is 19.2 Å². The van der Waals surface area contributed by atoms with Gasteiger partial charge in [0.1, 0.15) is 0 Å². The van der Waals surface area contributed by atoms with E-state index in [2.05, 4.69) is 0 Å². The van der Waals surface area contributed by atoms with Crippen LogP contribution < -0.4 is 4.57 Å². The highest BCUT2D eigenvalue weighted by Gasteiger charge is 2.32. The number of rotatable bonds is 6. The van der Waals surface area contributed by atoms with E-state index in [0.29, 0.717) is 5.69 Å². The summed E-state index contributed by atoms with van der Waals surface area (Å²) in [5.41, 5.74) is 2.82. The summed E-state index contributed by atoms with van der Waals surface area (Å²) in [6.45, 7) is 3.96. The molecule has 0 radical (unpaired) electrons. The fourth-order valence-corrected chi connectivity index (χ4v) is 2.96. The zero-order chi connectivity index (χ0) is 24.4. The van der Waals surface area contributed by atoms with Crippen LogP contribution in [0.3, 0.4) is 0 Å². The molecular weight excluding hydrogens is 441 g/mol. The van der Waals surface area contributed by atoms with Gasteiger partial charge in [0.15, 0.2) is 0 Å². The second-order valence-electron chi connectivity index (χ2n) is 6.49. The third-order valence-electron chi connectivity index (χ3n) is 4.16. The third kappa shape index (κ3) is 7.75. The zero-order valence-corrected chi connectivity index (χ0v) is 18.0. The standard InChI is InChI=1S/C23H22NO4.BF4/c1-3-27-22(25)20-15-18(17-11-7-5-8-12-17)16-21(23(26)28-4-2)24(20)19-13-9-6-10-14-19;2-1(3,4)5/h5-16H,3-4H2,1-2H3;/q+1;-1. The third-order valence-corrected chi connectivity index (χ3v) is 4.16. The van der Waals surface area contributed by atoms with Crippen molar-refractivity contribution in [1.82, 2.24) is 0 Å². The van der Waals surface area contributed by atoms with Crippen LogP contribution in [-0.4, -0.2) is 32.4 Å². The molecule has 0 bridgehead atoms. The van der Waals surface area contributed by atoms with Crippen LogP contribution in [0.1, 0.15) is 34.8 Å². The van der Waals surface area contributed by atoms with Crippen molar-refractivity contribution in [3.63, 3.8) is 0 Å². The van der Waals surface area contributed by atoms with E-state index in [1.807, 2.05) is 60.7 Å². The van der Waals surface area contributed by atoms with Gasteiger partial charge in [-0.1, -0.05) is 48.5 Å². The summed E-state index contributed by atoms with van der Waals surface area (Å²) in [6, 6.07) is 22.3. The summed E-state index contributed by atoms with van der Waals surface area (Å²) in [5, 5.41) is 0. The number of benzene rings is 2. The van der Waals surface area contributed by atoms with E-state index in [-0.39, 0.29) is 24.6 Å². The Bertz CT molecular complexity index is 1030. The van der Waals surface area contributed by atoms with Gasteiger partial charge in [0, 0.05) is 24.3 Å². The molecule has 5 nitrogen and oxygen atoms in total. The van der Waals surface area contributed by atoms with Crippen LogP contribution >= 0.6 is 0 Å². The van der Waals surface area contributed by atoms with E-state index in [1.54, 1.807) is 30.5 Å². The number of carbonyl (C=O) groups excluding carboxylic acids is 2. The lowest BCUT2D eigenvalue weighted by atomic mass is 10.0. The van der Waals surface area contributed by atoms with Gasteiger partial charge in [-0.2, -0.15) is 0 Å². The number of esters is 2. The van der Waals surface area contributed by atoms with E-state index >= 15 is 0 Å². The molecule has 0 saturated carbocycles. The second-order valence-corrected chi connectivity index (χ2v) is 6.49. The van der Waals surface area contributed by atoms with E-state index in [0.717, 1.165) is 11.1 Å². The molecule has 3 aromatic rings. The summed E-state index contributed by atoms with van der Waals surface area (Å²) in [4.78, 5) is 25.5. The van der Waals surface area contributed by atoms with Gasteiger partial charge in [0.25, 0.3) is 11.4 Å². The molecule has 0 aliphatic heterocycles. The maximum absolute atomic E-state index is 12.8. The highest BCUT2D eigenvalue weighted by Crippen LogP contribution is 2.22. The van der Waals surface area contributed by atoms with Crippen molar-refractivity contribution < 1.29 is 40.9 Å². The van der Waals surface area contributed by atoms with E-state index in [1.165, 1.54) is 0 Å². The molecule has 0 unspecified atom stereocenters. The molecule has 0 N–H and O–H groups in total. The van der Waals surface area contributed by atoms with E-state index in [4.69, 9.17) is 9.47 Å². The summed E-state index contributed by atoms with van der Waals surface area (Å²) in [7, 11) is -6.00. The molecule has 0 amide bonds. The van der Waals surface area contributed by atoms with Crippen LogP contribution in [-0.2, 0) is 9.47 Å². The number of nitrogens with zero attached hydrogens (tertiary/aromatic N) is 1. The first-order chi connectivity index (χ1) is 15.7. The minimum absolute atomic E-state index is 0.234. The number of para-hydroxylation sites is 1. The lowest BCUT2D eigenvalue weighted by Crippen LogP contribution is -2.45. The normalized spacial score (nSPS) is 10.6. The summed E-state index contributed by atoms with van der Waals surface area (Å²) in [6.07, 6.45) is 0. The molecule has 2 aromatic carbocycles. The lowest BCUT2D eigenvalue weighted by Gasteiger charge is -2.10. The molecule has 33 heavy (non-hydrogen) atoms. The van der Waals surface area contributed by atoms with Crippen LogP contribution in [0.5, 0.6) is 0 Å². The van der Waals surface area contributed by atoms with Crippen LogP contribution in [0.15, 0.2) is 72.8 Å². The molecule has 174 valence electrons. The highest BCUT2D eigenvalue weighted by molar-refractivity contribution is 6.50. The quantitative estimate of drug-likeness (QED) is 0.216. The number of aromatic nitrogens is 1. The number of carbonyl (C=O) groups is 2. The van der Waals surface area contributed by atoms with Crippen molar-refractivity contribution >= 4 is 19.2 Å². The van der Waals surface area contributed by atoms with Gasteiger partial charge in [-0.25, -0.2) is 9.59 Å². The minimum Gasteiger partial charge on any atom is -0.458 e. The van der Waals surface area contributed by atoms with Crippen molar-refractivity contribution in [2.75, 3.05) is 13.2 Å². The summed E-state index contributed by atoms with van der Waals surface area (Å²) < 4.78 is 51.1. The van der Waals surface area contributed by atoms with Gasteiger partial charge in [-0.15, -0.1) is 4.57 Å². The second kappa shape index (κ2) is 11.8. The van der Waals surface area contributed by atoms with Gasteiger partial charge < -0.3 is 26.7 Å². The Morgan fingerprint density at radius 1 is 0.727 bits per heavy atom. The first kappa shape index (κ1) is 25.6. The fraction of sp³-hybridized carbons (Fsp3) is 0.174. The summed E-state index contributed by atoms with van der Waals surface area (Å²) in [5.74, 6) is -1.01. The molecule has 3 rings (SSSR count). The Balaban J connectivity index is 0.000000696. The van der Waals surface area contributed by atoms with Gasteiger partial charge in [0.2, 0.25) is 5.69 Å². The Labute approximate surface area is 188 Å². The van der Waals surface area contributed by atoms with Crippen molar-refractivity contribution in [2.24, 2.45) is 0 Å². The first-order valence-electron chi connectivity index (χ1n) is 10.1. The molecule has 1 heterocycles. The maximum atomic E-state index is 12.8. The number of pyridine rings is 1. The molecule has 10 heteroatoms. The maximum Gasteiger partial charge on any atom is 0.673 e. The van der Waals surface area contributed by atoms with Gasteiger partial charge in [-0.3, -0.25) is 0 Å². The zero-order valence-electron chi connectivity index (χ0n) is 18.0. The van der Waals surface area contributed by atoms with Gasteiger partial charge in [-0.05, 0) is 25.0 Å². The summed E-state index contributed by atoms with van der Waals surface area (Å²) >= 11 is 0. The van der Waals surface area contributed by atoms with Crippen LogP contribution in [0.2, 0.25) is 0 Å². The van der Waals surface area contributed by atoms with Gasteiger partial charge >= 0.3 is 19.2 Å². The van der Waals surface area contributed by atoms with Crippen LogP contribution in [0, 0.1) is 0 Å². The molecule has 0 saturated heterocycles. The molecule has 0 aliphatic rings. The Morgan fingerprint density at radius 2 is 1.12 bits per heavy atom.